The summed E-state index contributed by atoms with van der Waals surface area (Å²) < 4.78 is 28.6. The zero-order valence-electron chi connectivity index (χ0n) is 11.9. The van der Waals surface area contributed by atoms with Crippen molar-refractivity contribution >= 4 is 11.6 Å². The van der Waals surface area contributed by atoms with Crippen molar-refractivity contribution in [2.24, 2.45) is 0 Å². The first-order valence-corrected chi connectivity index (χ1v) is 6.84. The Hall–Kier alpha value is -3.09. The van der Waals surface area contributed by atoms with Crippen molar-refractivity contribution in [2.75, 3.05) is 5.32 Å². The number of rotatable bonds is 4. The van der Waals surface area contributed by atoms with Gasteiger partial charge in [0, 0.05) is 0 Å². The number of halogens is 2. The number of para-hydroxylation sites is 2. The summed E-state index contributed by atoms with van der Waals surface area (Å²) in [7, 11) is 0. The number of hydrogen-bond donors (Lipinski definition) is 1. The summed E-state index contributed by atoms with van der Waals surface area (Å²) in [6, 6.07) is 12.5. The highest BCUT2D eigenvalue weighted by molar-refractivity contribution is 5.92. The first-order chi connectivity index (χ1) is 11.1. The van der Waals surface area contributed by atoms with Crippen LogP contribution in [-0.4, -0.2) is 20.9 Å². The van der Waals surface area contributed by atoms with Gasteiger partial charge in [0.25, 0.3) is 0 Å². The van der Waals surface area contributed by atoms with Gasteiger partial charge < -0.3 is 5.32 Å². The Morgan fingerprint density at radius 2 is 1.74 bits per heavy atom. The normalized spacial score (nSPS) is 10.5. The van der Waals surface area contributed by atoms with Crippen LogP contribution in [0.25, 0.3) is 5.69 Å². The van der Waals surface area contributed by atoms with E-state index in [-0.39, 0.29) is 6.42 Å². The Morgan fingerprint density at radius 3 is 2.43 bits per heavy atom. The molecule has 3 aromatic rings. The van der Waals surface area contributed by atoms with E-state index in [1.165, 1.54) is 16.9 Å². The largest absolute Gasteiger partial charge is 0.321 e. The Bertz CT molecular complexity index is 813. The summed E-state index contributed by atoms with van der Waals surface area (Å²) in [6.07, 6.45) is 1.32. The quantitative estimate of drug-likeness (QED) is 0.805. The second-order valence-corrected chi connectivity index (χ2v) is 4.79. The molecule has 0 atom stereocenters. The molecule has 0 saturated heterocycles. The summed E-state index contributed by atoms with van der Waals surface area (Å²) in [6.45, 7) is 0. The van der Waals surface area contributed by atoms with Gasteiger partial charge in [-0.05, 0) is 24.3 Å². The molecule has 0 saturated carbocycles. The Labute approximate surface area is 130 Å². The molecule has 1 heterocycles. The molecule has 7 heteroatoms. The van der Waals surface area contributed by atoms with Gasteiger partial charge in [-0.3, -0.25) is 4.79 Å². The molecule has 1 aromatic heterocycles. The molecular weight excluding hydrogens is 302 g/mol. The van der Waals surface area contributed by atoms with E-state index in [1.807, 2.05) is 30.3 Å². The van der Waals surface area contributed by atoms with Crippen molar-refractivity contribution in [1.82, 2.24) is 15.0 Å². The highest BCUT2D eigenvalue weighted by Gasteiger charge is 2.15. The number of benzene rings is 2. The third kappa shape index (κ3) is 3.23. The minimum Gasteiger partial charge on any atom is -0.321 e. The molecule has 0 aliphatic carbocycles. The topological polar surface area (TPSA) is 59.8 Å². The molecule has 0 aliphatic heterocycles. The third-order valence-electron chi connectivity index (χ3n) is 3.19. The van der Waals surface area contributed by atoms with Gasteiger partial charge >= 0.3 is 0 Å². The lowest BCUT2D eigenvalue weighted by molar-refractivity contribution is -0.115. The summed E-state index contributed by atoms with van der Waals surface area (Å²) >= 11 is 0. The maximum Gasteiger partial charge on any atom is 0.230 e. The fourth-order valence-corrected chi connectivity index (χ4v) is 2.13. The van der Waals surface area contributed by atoms with Crippen molar-refractivity contribution < 1.29 is 13.6 Å². The number of aromatic nitrogens is 3. The predicted octanol–water partition coefficient (Wildman–Crippen LogP) is 2.73. The zero-order chi connectivity index (χ0) is 16.2. The minimum atomic E-state index is -0.826. The van der Waals surface area contributed by atoms with Crippen molar-refractivity contribution in [1.29, 1.82) is 0 Å². The number of amides is 1. The third-order valence-corrected chi connectivity index (χ3v) is 3.19. The standard InChI is InChI=1S/C16H12F2N4O/c17-13-7-4-8-14(18)16(13)20-15(23)9-12-10-19-21-22(12)11-5-2-1-3-6-11/h1-8,10H,9H2,(H,20,23). The van der Waals surface area contributed by atoms with Gasteiger partial charge in [0.1, 0.15) is 17.3 Å². The second kappa shape index (κ2) is 6.35. The monoisotopic (exact) mass is 314 g/mol. The molecule has 0 spiro atoms. The summed E-state index contributed by atoms with van der Waals surface area (Å²) in [5, 5.41) is 9.94. The van der Waals surface area contributed by atoms with Crippen LogP contribution >= 0.6 is 0 Å². The van der Waals surface area contributed by atoms with Crippen LogP contribution < -0.4 is 5.32 Å². The van der Waals surface area contributed by atoms with Crippen LogP contribution in [0.1, 0.15) is 5.69 Å². The molecule has 5 nitrogen and oxygen atoms in total. The number of carbonyl (C=O) groups excluding carboxylic acids is 1. The SMILES string of the molecule is O=C(Cc1cnnn1-c1ccccc1)Nc1c(F)cccc1F. The summed E-state index contributed by atoms with van der Waals surface area (Å²) in [4.78, 5) is 12.1. The number of nitrogens with zero attached hydrogens (tertiary/aromatic N) is 3. The van der Waals surface area contributed by atoms with Crippen LogP contribution in [-0.2, 0) is 11.2 Å². The predicted molar refractivity (Wildman–Crippen MR) is 80.1 cm³/mol. The van der Waals surface area contributed by atoms with Gasteiger partial charge in [0.05, 0.1) is 24.0 Å². The van der Waals surface area contributed by atoms with Crippen molar-refractivity contribution in [3.63, 3.8) is 0 Å². The average molecular weight is 314 g/mol. The minimum absolute atomic E-state index is 0.115. The molecule has 1 N–H and O–H groups in total. The Kier molecular flexibility index (Phi) is 4.09. The van der Waals surface area contributed by atoms with Crippen LogP contribution in [0.15, 0.2) is 54.7 Å². The number of carbonyl (C=O) groups is 1. The molecule has 0 radical (unpaired) electrons. The number of hydrogen-bond acceptors (Lipinski definition) is 3. The van der Waals surface area contributed by atoms with Crippen LogP contribution in [0.4, 0.5) is 14.5 Å². The zero-order valence-corrected chi connectivity index (χ0v) is 11.9. The highest BCUT2D eigenvalue weighted by Crippen LogP contribution is 2.18. The lowest BCUT2D eigenvalue weighted by Gasteiger charge is -2.08. The first-order valence-electron chi connectivity index (χ1n) is 6.84. The molecule has 0 fully saturated rings. The molecule has 0 bridgehead atoms. The Morgan fingerprint density at radius 1 is 1.04 bits per heavy atom. The van der Waals surface area contributed by atoms with Crippen LogP contribution in [0.2, 0.25) is 0 Å². The summed E-state index contributed by atoms with van der Waals surface area (Å²) in [5.74, 6) is -2.21. The molecule has 1 amide bonds. The van der Waals surface area contributed by atoms with E-state index in [0.717, 1.165) is 17.8 Å². The van der Waals surface area contributed by atoms with E-state index in [2.05, 4.69) is 15.6 Å². The van der Waals surface area contributed by atoms with E-state index in [1.54, 1.807) is 0 Å². The van der Waals surface area contributed by atoms with Gasteiger partial charge in [0.2, 0.25) is 5.91 Å². The fraction of sp³-hybridized carbons (Fsp3) is 0.0625. The van der Waals surface area contributed by atoms with Crippen molar-refractivity contribution in [3.8, 4) is 5.69 Å². The van der Waals surface area contributed by atoms with Crippen molar-refractivity contribution in [2.45, 2.75) is 6.42 Å². The van der Waals surface area contributed by atoms with E-state index < -0.39 is 23.2 Å². The molecule has 116 valence electrons. The van der Waals surface area contributed by atoms with Gasteiger partial charge in [-0.15, -0.1) is 5.10 Å². The van der Waals surface area contributed by atoms with Gasteiger partial charge in [-0.2, -0.15) is 0 Å². The van der Waals surface area contributed by atoms with E-state index in [0.29, 0.717) is 5.69 Å². The smallest absolute Gasteiger partial charge is 0.230 e. The first kappa shape index (κ1) is 14.8. The van der Waals surface area contributed by atoms with Crippen molar-refractivity contribution in [3.05, 3.63) is 72.1 Å². The number of anilines is 1. The molecule has 2 aromatic carbocycles. The Balaban J connectivity index is 1.78. The summed E-state index contributed by atoms with van der Waals surface area (Å²) in [5.41, 5.74) is 0.784. The maximum atomic E-state index is 13.5. The molecular formula is C16H12F2N4O. The second-order valence-electron chi connectivity index (χ2n) is 4.79. The average Bonchev–Trinajstić information content (AvgIpc) is 3.00. The highest BCUT2D eigenvalue weighted by atomic mass is 19.1. The van der Waals surface area contributed by atoms with Gasteiger partial charge in [-0.1, -0.05) is 29.5 Å². The van der Waals surface area contributed by atoms with Crippen LogP contribution in [0, 0.1) is 11.6 Å². The van der Waals surface area contributed by atoms with E-state index in [9.17, 15) is 13.6 Å². The van der Waals surface area contributed by atoms with E-state index in [4.69, 9.17) is 0 Å². The van der Waals surface area contributed by atoms with Gasteiger partial charge in [-0.25, -0.2) is 13.5 Å². The maximum absolute atomic E-state index is 13.5. The molecule has 0 unspecified atom stereocenters. The lowest BCUT2D eigenvalue weighted by Crippen LogP contribution is -2.18. The van der Waals surface area contributed by atoms with Crippen LogP contribution in [0.3, 0.4) is 0 Å². The molecule has 0 aliphatic rings. The van der Waals surface area contributed by atoms with Gasteiger partial charge in [0.15, 0.2) is 0 Å². The van der Waals surface area contributed by atoms with E-state index >= 15 is 0 Å². The van der Waals surface area contributed by atoms with Crippen LogP contribution in [0.5, 0.6) is 0 Å². The molecule has 3 rings (SSSR count). The number of nitrogens with one attached hydrogen (secondary N) is 1. The fourth-order valence-electron chi connectivity index (χ4n) is 2.13. The molecule has 23 heavy (non-hydrogen) atoms. The lowest BCUT2D eigenvalue weighted by atomic mass is 10.2.